The van der Waals surface area contributed by atoms with Crippen molar-refractivity contribution in [2.24, 2.45) is 0 Å². The Morgan fingerprint density at radius 1 is 1.35 bits per heavy atom. The summed E-state index contributed by atoms with van der Waals surface area (Å²) in [7, 11) is 1.54. The van der Waals surface area contributed by atoms with Crippen LogP contribution < -0.4 is 5.32 Å². The summed E-state index contributed by atoms with van der Waals surface area (Å²) < 4.78 is 17.7. The molecular weight excluding hydrogens is 259 g/mol. The monoisotopic (exact) mass is 280 g/mol. The molecule has 4 nitrogen and oxygen atoms in total. The van der Waals surface area contributed by atoms with Crippen LogP contribution in [0.4, 0.5) is 4.39 Å². The number of ether oxygens (including phenoxy) is 1. The van der Waals surface area contributed by atoms with Crippen molar-refractivity contribution in [3.05, 3.63) is 35.6 Å². The number of hydrogen-bond acceptors (Lipinski definition) is 3. The summed E-state index contributed by atoms with van der Waals surface area (Å²) >= 11 is 0. The summed E-state index contributed by atoms with van der Waals surface area (Å²) in [6.07, 6.45) is 1.88. The maximum Gasteiger partial charge on any atom is 0.248 e. The number of benzene rings is 1. The maximum atomic E-state index is 12.8. The Hall–Kier alpha value is -1.46. The minimum absolute atomic E-state index is 0.0597. The molecule has 0 spiro atoms. The van der Waals surface area contributed by atoms with Gasteiger partial charge in [-0.2, -0.15) is 0 Å². The lowest BCUT2D eigenvalue weighted by Gasteiger charge is -2.32. The zero-order valence-corrected chi connectivity index (χ0v) is 11.8. The van der Waals surface area contributed by atoms with Gasteiger partial charge in [0.2, 0.25) is 5.91 Å². The van der Waals surface area contributed by atoms with Gasteiger partial charge in [-0.05, 0) is 30.5 Å². The number of likely N-dealkylation sites (tertiary alicyclic amines) is 1. The molecule has 1 aromatic carbocycles. The molecule has 1 aliphatic rings. The van der Waals surface area contributed by atoms with Crippen molar-refractivity contribution in [1.29, 1.82) is 0 Å². The second-order valence-corrected chi connectivity index (χ2v) is 5.10. The largest absolute Gasteiger partial charge is 0.375 e. The van der Waals surface area contributed by atoms with Crippen molar-refractivity contribution in [2.75, 3.05) is 26.8 Å². The number of piperidine rings is 1. The highest BCUT2D eigenvalue weighted by Gasteiger charge is 2.21. The third-order valence-corrected chi connectivity index (χ3v) is 3.62. The van der Waals surface area contributed by atoms with Gasteiger partial charge in [-0.25, -0.2) is 4.39 Å². The van der Waals surface area contributed by atoms with Crippen molar-refractivity contribution in [1.82, 2.24) is 10.2 Å². The van der Waals surface area contributed by atoms with Gasteiger partial charge in [-0.3, -0.25) is 4.79 Å². The van der Waals surface area contributed by atoms with E-state index in [4.69, 9.17) is 4.74 Å². The van der Waals surface area contributed by atoms with Gasteiger partial charge in [-0.1, -0.05) is 12.1 Å². The minimum Gasteiger partial charge on any atom is -0.375 e. The minimum atomic E-state index is -0.210. The molecule has 0 aromatic heterocycles. The van der Waals surface area contributed by atoms with Gasteiger partial charge in [0.1, 0.15) is 12.4 Å². The molecule has 0 saturated carbocycles. The fourth-order valence-electron chi connectivity index (χ4n) is 2.41. The van der Waals surface area contributed by atoms with Crippen molar-refractivity contribution in [3.63, 3.8) is 0 Å². The highest BCUT2D eigenvalue weighted by molar-refractivity contribution is 5.77. The molecule has 1 N–H and O–H groups in total. The van der Waals surface area contributed by atoms with E-state index in [2.05, 4.69) is 5.32 Å². The van der Waals surface area contributed by atoms with Crippen molar-refractivity contribution in [2.45, 2.75) is 25.4 Å². The summed E-state index contributed by atoms with van der Waals surface area (Å²) in [6, 6.07) is 6.94. The van der Waals surface area contributed by atoms with Gasteiger partial charge in [-0.15, -0.1) is 0 Å². The first-order valence-corrected chi connectivity index (χ1v) is 6.93. The molecule has 1 aliphatic heterocycles. The smallest absolute Gasteiger partial charge is 0.248 e. The predicted molar refractivity (Wildman–Crippen MR) is 74.7 cm³/mol. The number of rotatable bonds is 5. The van der Waals surface area contributed by atoms with E-state index < -0.39 is 0 Å². The van der Waals surface area contributed by atoms with Crippen LogP contribution in [0.3, 0.4) is 0 Å². The molecule has 5 heteroatoms. The van der Waals surface area contributed by atoms with Crippen LogP contribution in [0.1, 0.15) is 18.4 Å². The van der Waals surface area contributed by atoms with E-state index in [1.54, 1.807) is 12.1 Å². The summed E-state index contributed by atoms with van der Waals surface area (Å²) in [4.78, 5) is 13.5. The van der Waals surface area contributed by atoms with Crippen LogP contribution >= 0.6 is 0 Å². The van der Waals surface area contributed by atoms with Crippen LogP contribution in [-0.4, -0.2) is 43.7 Å². The summed E-state index contributed by atoms with van der Waals surface area (Å²) in [5, 5.41) is 3.46. The fraction of sp³-hybridized carbons (Fsp3) is 0.533. The number of amides is 1. The second kappa shape index (κ2) is 7.36. The quantitative estimate of drug-likeness (QED) is 0.890. The maximum absolute atomic E-state index is 12.8. The molecule has 110 valence electrons. The molecule has 0 unspecified atom stereocenters. The zero-order chi connectivity index (χ0) is 14.4. The second-order valence-electron chi connectivity index (χ2n) is 5.10. The summed E-state index contributed by atoms with van der Waals surface area (Å²) in [5.41, 5.74) is 1.07. The number of methoxy groups -OCH3 is 1. The van der Waals surface area contributed by atoms with Gasteiger partial charge in [0.05, 0.1) is 0 Å². The topological polar surface area (TPSA) is 41.6 Å². The van der Waals surface area contributed by atoms with Crippen LogP contribution in [0.5, 0.6) is 0 Å². The molecule has 2 rings (SSSR count). The van der Waals surface area contributed by atoms with E-state index in [1.807, 2.05) is 4.90 Å². The van der Waals surface area contributed by atoms with E-state index in [-0.39, 0.29) is 18.3 Å². The summed E-state index contributed by atoms with van der Waals surface area (Å²) in [6.45, 7) is 2.43. The van der Waals surface area contributed by atoms with Crippen molar-refractivity contribution < 1.29 is 13.9 Å². The van der Waals surface area contributed by atoms with Gasteiger partial charge < -0.3 is 15.0 Å². The van der Waals surface area contributed by atoms with Gasteiger partial charge in [0.25, 0.3) is 0 Å². The average molecular weight is 280 g/mol. The first kappa shape index (κ1) is 14.9. The molecule has 0 bridgehead atoms. The zero-order valence-electron chi connectivity index (χ0n) is 11.8. The first-order valence-electron chi connectivity index (χ1n) is 6.93. The molecule has 1 saturated heterocycles. The average Bonchev–Trinajstić information content (AvgIpc) is 2.47. The van der Waals surface area contributed by atoms with Gasteiger partial charge >= 0.3 is 0 Å². The molecule has 0 atom stereocenters. The molecule has 1 aromatic rings. The van der Waals surface area contributed by atoms with Crippen LogP contribution in [0, 0.1) is 5.82 Å². The number of halogens is 1. The Labute approximate surface area is 118 Å². The molecular formula is C15H21FN2O2. The number of hydrogen-bond donors (Lipinski definition) is 1. The standard InChI is InChI=1S/C15H21FN2O2/c1-20-11-15(19)18-8-6-14(7-9-18)17-10-12-2-4-13(16)5-3-12/h2-5,14,17H,6-11H2,1H3. The Morgan fingerprint density at radius 2 is 2.00 bits per heavy atom. The van der Waals surface area contributed by atoms with Gasteiger partial charge in [0.15, 0.2) is 0 Å². The molecule has 1 fully saturated rings. The number of nitrogens with zero attached hydrogens (tertiary/aromatic N) is 1. The van der Waals surface area contributed by atoms with Crippen molar-refractivity contribution in [3.8, 4) is 0 Å². The van der Waals surface area contributed by atoms with E-state index in [9.17, 15) is 9.18 Å². The van der Waals surface area contributed by atoms with E-state index >= 15 is 0 Å². The van der Waals surface area contributed by atoms with Crippen LogP contribution in [0.2, 0.25) is 0 Å². The molecule has 0 aliphatic carbocycles. The Balaban J connectivity index is 1.72. The van der Waals surface area contributed by atoms with E-state index in [0.717, 1.165) is 38.0 Å². The van der Waals surface area contributed by atoms with Gasteiger partial charge in [0, 0.05) is 32.8 Å². The fourth-order valence-corrected chi connectivity index (χ4v) is 2.41. The number of carbonyl (C=O) groups is 1. The summed E-state index contributed by atoms with van der Waals surface area (Å²) in [5.74, 6) is -0.150. The lowest BCUT2D eigenvalue weighted by molar-refractivity contribution is -0.136. The predicted octanol–water partition coefficient (Wildman–Crippen LogP) is 1.55. The Morgan fingerprint density at radius 3 is 2.60 bits per heavy atom. The molecule has 1 amide bonds. The highest BCUT2D eigenvalue weighted by atomic mass is 19.1. The molecule has 20 heavy (non-hydrogen) atoms. The SMILES string of the molecule is COCC(=O)N1CCC(NCc2ccc(F)cc2)CC1. The van der Waals surface area contributed by atoms with Crippen LogP contribution in [0.25, 0.3) is 0 Å². The lowest BCUT2D eigenvalue weighted by atomic mass is 10.0. The molecule has 1 heterocycles. The first-order chi connectivity index (χ1) is 9.69. The third kappa shape index (κ3) is 4.28. The highest BCUT2D eigenvalue weighted by Crippen LogP contribution is 2.12. The molecule has 0 radical (unpaired) electrons. The van der Waals surface area contributed by atoms with Crippen molar-refractivity contribution >= 4 is 5.91 Å². The van der Waals surface area contributed by atoms with E-state index in [0.29, 0.717) is 6.04 Å². The van der Waals surface area contributed by atoms with E-state index in [1.165, 1.54) is 19.2 Å². The third-order valence-electron chi connectivity index (χ3n) is 3.62. The number of carbonyl (C=O) groups excluding carboxylic acids is 1. The lowest BCUT2D eigenvalue weighted by Crippen LogP contribution is -2.45. The normalized spacial score (nSPS) is 16.4. The Kier molecular flexibility index (Phi) is 5.49. The number of nitrogens with one attached hydrogen (secondary N) is 1. The Bertz CT molecular complexity index is 428. The van der Waals surface area contributed by atoms with Crippen LogP contribution in [0.15, 0.2) is 24.3 Å². The van der Waals surface area contributed by atoms with Crippen LogP contribution in [-0.2, 0) is 16.1 Å².